The van der Waals surface area contributed by atoms with E-state index in [0.717, 1.165) is 41.0 Å². The molecule has 2 saturated heterocycles. The second-order valence-electron chi connectivity index (χ2n) is 6.72. The minimum Gasteiger partial charge on any atom is -0.496 e. The van der Waals surface area contributed by atoms with Gasteiger partial charge in [0, 0.05) is 30.1 Å². The van der Waals surface area contributed by atoms with Crippen LogP contribution in [0.4, 0.5) is 0 Å². The van der Waals surface area contributed by atoms with Crippen molar-refractivity contribution < 1.29 is 9.53 Å². The van der Waals surface area contributed by atoms with Crippen LogP contribution in [0.3, 0.4) is 0 Å². The largest absolute Gasteiger partial charge is 0.496 e. The predicted octanol–water partition coefficient (Wildman–Crippen LogP) is 2.67. The second kappa shape index (κ2) is 5.85. The van der Waals surface area contributed by atoms with Crippen molar-refractivity contribution in [2.75, 3.05) is 26.7 Å². The fourth-order valence-electron chi connectivity index (χ4n) is 4.01. The maximum absolute atomic E-state index is 12.6. The maximum atomic E-state index is 12.6. The van der Waals surface area contributed by atoms with Crippen LogP contribution in [0.5, 0.6) is 5.75 Å². The number of hydrogen-bond donors (Lipinski definition) is 1. The Morgan fingerprint density at radius 2 is 2.17 bits per heavy atom. The number of benzene rings is 2. The van der Waals surface area contributed by atoms with Crippen molar-refractivity contribution in [2.24, 2.45) is 5.92 Å². The number of methoxy groups -OCH3 is 1. The summed E-state index contributed by atoms with van der Waals surface area (Å²) in [5, 5.41) is 5.28. The van der Waals surface area contributed by atoms with Crippen LogP contribution in [0.15, 0.2) is 36.4 Å². The molecule has 2 fully saturated rings. The molecule has 2 aromatic carbocycles. The first kappa shape index (κ1) is 14.5. The summed E-state index contributed by atoms with van der Waals surface area (Å²) in [4.78, 5) is 15.0. The summed E-state index contributed by atoms with van der Waals surface area (Å²) in [7, 11) is 1.67. The number of piperidine rings is 1. The molecule has 0 aromatic heterocycles. The summed E-state index contributed by atoms with van der Waals surface area (Å²) in [5.41, 5.74) is 0.721. The summed E-state index contributed by atoms with van der Waals surface area (Å²) in [6.45, 7) is 3.39. The van der Waals surface area contributed by atoms with Crippen molar-refractivity contribution in [1.29, 1.82) is 0 Å². The Bertz CT molecular complexity index is 731. The molecular weight excluding hydrogens is 288 g/mol. The van der Waals surface area contributed by atoms with Crippen LogP contribution in [0.1, 0.15) is 23.2 Å². The van der Waals surface area contributed by atoms with Crippen LogP contribution in [0.2, 0.25) is 0 Å². The molecule has 3 atom stereocenters. The van der Waals surface area contributed by atoms with Crippen molar-refractivity contribution in [3.05, 3.63) is 42.0 Å². The Balaban J connectivity index is 1.53. The van der Waals surface area contributed by atoms with Crippen molar-refractivity contribution in [3.63, 3.8) is 0 Å². The van der Waals surface area contributed by atoms with Gasteiger partial charge in [-0.3, -0.25) is 4.79 Å². The van der Waals surface area contributed by atoms with Crippen LogP contribution >= 0.6 is 0 Å². The molecule has 2 aliphatic rings. The number of nitrogens with zero attached hydrogens (tertiary/aromatic N) is 1. The fourth-order valence-corrected chi connectivity index (χ4v) is 4.01. The molecule has 0 saturated carbocycles. The third-order valence-corrected chi connectivity index (χ3v) is 5.12. The van der Waals surface area contributed by atoms with Crippen LogP contribution in [-0.2, 0) is 0 Å². The molecule has 4 heteroatoms. The summed E-state index contributed by atoms with van der Waals surface area (Å²) in [5.74, 6) is 1.63. The summed E-state index contributed by atoms with van der Waals surface area (Å²) in [6.07, 6.45) is 2.39. The van der Waals surface area contributed by atoms with Gasteiger partial charge in [0.2, 0.25) is 0 Å². The first-order chi connectivity index (χ1) is 11.2. The van der Waals surface area contributed by atoms with Gasteiger partial charge in [0.05, 0.1) is 7.11 Å². The molecule has 2 aromatic rings. The van der Waals surface area contributed by atoms with Gasteiger partial charge in [0.25, 0.3) is 5.91 Å². The molecule has 0 radical (unpaired) electrons. The molecule has 0 aliphatic carbocycles. The highest BCUT2D eigenvalue weighted by molar-refractivity contribution is 6.00. The Hall–Kier alpha value is -2.07. The lowest BCUT2D eigenvalue weighted by atomic mass is 9.96. The van der Waals surface area contributed by atoms with Gasteiger partial charge < -0.3 is 15.0 Å². The number of amides is 1. The molecule has 1 unspecified atom stereocenters. The minimum atomic E-state index is 0.0298. The van der Waals surface area contributed by atoms with E-state index in [-0.39, 0.29) is 11.9 Å². The predicted molar refractivity (Wildman–Crippen MR) is 90.9 cm³/mol. The van der Waals surface area contributed by atoms with E-state index in [9.17, 15) is 4.79 Å². The van der Waals surface area contributed by atoms with Gasteiger partial charge in [-0.05, 0) is 55.0 Å². The number of carbonyl (C=O) groups is 1. The highest BCUT2D eigenvalue weighted by Gasteiger charge is 2.32. The third-order valence-electron chi connectivity index (χ3n) is 5.12. The lowest BCUT2D eigenvalue weighted by Gasteiger charge is -2.30. The highest BCUT2D eigenvalue weighted by atomic mass is 16.5. The molecule has 1 amide bonds. The smallest absolute Gasteiger partial charge is 0.251 e. The number of carbonyl (C=O) groups excluding carboxylic acids is 1. The second-order valence-corrected chi connectivity index (χ2v) is 6.72. The van der Waals surface area contributed by atoms with Crippen molar-refractivity contribution >= 4 is 16.7 Å². The zero-order chi connectivity index (χ0) is 15.8. The Labute approximate surface area is 136 Å². The van der Waals surface area contributed by atoms with E-state index in [1.54, 1.807) is 7.11 Å². The van der Waals surface area contributed by atoms with E-state index in [1.807, 2.05) is 36.4 Å². The van der Waals surface area contributed by atoms with Gasteiger partial charge in [-0.15, -0.1) is 0 Å². The van der Waals surface area contributed by atoms with E-state index in [1.165, 1.54) is 19.5 Å². The van der Waals surface area contributed by atoms with Gasteiger partial charge >= 0.3 is 0 Å². The zero-order valence-electron chi connectivity index (χ0n) is 13.4. The first-order valence-electron chi connectivity index (χ1n) is 8.33. The topological polar surface area (TPSA) is 41.6 Å². The van der Waals surface area contributed by atoms with Crippen molar-refractivity contribution in [3.8, 4) is 5.75 Å². The molecule has 4 rings (SSSR count). The highest BCUT2D eigenvalue weighted by Crippen LogP contribution is 2.28. The molecule has 0 spiro atoms. The standard InChI is InChI=1S/C19H22N2O2/c1-23-18-4-2-3-14-10-15(5-6-17(14)18)19(22)20-16-9-13-7-8-21(11-13)12-16/h2-6,10,13,16H,7-9,11-12H2,1H3,(H,20,22)/t13-,16+/m0/s1. The maximum Gasteiger partial charge on any atom is 0.251 e. The van der Waals surface area contributed by atoms with E-state index < -0.39 is 0 Å². The number of hydrogen-bond acceptors (Lipinski definition) is 3. The monoisotopic (exact) mass is 310 g/mol. The van der Waals surface area contributed by atoms with Crippen LogP contribution in [0.25, 0.3) is 10.8 Å². The van der Waals surface area contributed by atoms with E-state index in [0.29, 0.717) is 0 Å². The van der Waals surface area contributed by atoms with Crippen LogP contribution in [-0.4, -0.2) is 43.6 Å². The van der Waals surface area contributed by atoms with Crippen LogP contribution in [0, 0.1) is 5.92 Å². The van der Waals surface area contributed by atoms with Gasteiger partial charge in [-0.1, -0.05) is 12.1 Å². The average Bonchev–Trinajstić information content (AvgIpc) is 2.92. The SMILES string of the molecule is COc1cccc2cc(C(=O)N[C@@H]3C[C@@H]4CCN(C4)C3)ccc12. The minimum absolute atomic E-state index is 0.0298. The van der Waals surface area contributed by atoms with E-state index in [4.69, 9.17) is 4.74 Å². The van der Waals surface area contributed by atoms with Crippen molar-refractivity contribution in [1.82, 2.24) is 10.2 Å². The quantitative estimate of drug-likeness (QED) is 0.947. The normalized spacial score (nSPS) is 26.2. The first-order valence-corrected chi connectivity index (χ1v) is 8.33. The molecule has 2 bridgehead atoms. The third kappa shape index (κ3) is 2.79. The van der Waals surface area contributed by atoms with E-state index in [2.05, 4.69) is 10.2 Å². The lowest BCUT2D eigenvalue weighted by molar-refractivity contribution is 0.0909. The van der Waals surface area contributed by atoms with Gasteiger partial charge in [-0.25, -0.2) is 0 Å². The van der Waals surface area contributed by atoms with Gasteiger partial charge in [-0.2, -0.15) is 0 Å². The summed E-state index contributed by atoms with van der Waals surface area (Å²) < 4.78 is 5.37. The summed E-state index contributed by atoms with van der Waals surface area (Å²) >= 11 is 0. The Kier molecular flexibility index (Phi) is 3.69. The molecule has 23 heavy (non-hydrogen) atoms. The molecule has 4 nitrogen and oxygen atoms in total. The van der Waals surface area contributed by atoms with Crippen LogP contribution < -0.4 is 10.1 Å². The van der Waals surface area contributed by atoms with Crippen molar-refractivity contribution in [2.45, 2.75) is 18.9 Å². The van der Waals surface area contributed by atoms with Gasteiger partial charge in [0.15, 0.2) is 0 Å². The Morgan fingerprint density at radius 3 is 3.00 bits per heavy atom. The molecule has 120 valence electrons. The molecule has 1 N–H and O–H groups in total. The Morgan fingerprint density at radius 1 is 1.26 bits per heavy atom. The lowest BCUT2D eigenvalue weighted by Crippen LogP contribution is -2.47. The molecule has 2 aliphatic heterocycles. The number of fused-ring (bicyclic) bond motifs is 3. The van der Waals surface area contributed by atoms with E-state index >= 15 is 0 Å². The van der Waals surface area contributed by atoms with Gasteiger partial charge in [0.1, 0.15) is 5.75 Å². The zero-order valence-corrected chi connectivity index (χ0v) is 13.4. The number of nitrogens with one attached hydrogen (secondary N) is 1. The fraction of sp³-hybridized carbons (Fsp3) is 0.421. The summed E-state index contributed by atoms with van der Waals surface area (Å²) in [6, 6.07) is 12.0. The average molecular weight is 310 g/mol. The molecule has 2 heterocycles. The number of rotatable bonds is 3. The number of ether oxygens (including phenoxy) is 1. The molecular formula is C19H22N2O2.